The first kappa shape index (κ1) is 17.4. The maximum Gasteiger partial charge on any atom is 0.275 e. The highest BCUT2D eigenvalue weighted by Crippen LogP contribution is 2.35. The van der Waals surface area contributed by atoms with E-state index < -0.39 is 0 Å². The molecular weight excluding hydrogens is 340 g/mol. The van der Waals surface area contributed by atoms with E-state index in [2.05, 4.69) is 10.3 Å². The lowest BCUT2D eigenvalue weighted by Gasteiger charge is -2.23. The number of anilines is 2. The molecule has 1 unspecified atom stereocenters. The quantitative estimate of drug-likeness (QED) is 0.806. The minimum Gasteiger partial charge on any atom is -0.495 e. The van der Waals surface area contributed by atoms with E-state index in [1.165, 1.54) is 23.2 Å². The van der Waals surface area contributed by atoms with E-state index in [9.17, 15) is 9.59 Å². The Bertz CT molecular complexity index is 777. The zero-order valence-electron chi connectivity index (χ0n) is 14.2. The van der Waals surface area contributed by atoms with Crippen LogP contribution in [0.5, 0.6) is 5.75 Å². The van der Waals surface area contributed by atoms with Gasteiger partial charge < -0.3 is 15.0 Å². The van der Waals surface area contributed by atoms with Crippen LogP contribution in [-0.2, 0) is 16.1 Å². The Hall–Kier alpha value is -2.45. The number of hydrogen-bond acceptors (Lipinski definition) is 5. The lowest BCUT2D eigenvalue weighted by atomic mass is 10.2. The SMILES string of the molecule is COc1ccccc1N(C(C)=O)c1nc(C[NH+]2CCNC(=O)C2)cs1. The highest BCUT2D eigenvalue weighted by molar-refractivity contribution is 7.14. The third kappa shape index (κ3) is 3.97. The summed E-state index contributed by atoms with van der Waals surface area (Å²) < 4.78 is 5.37. The Labute approximate surface area is 150 Å². The number of carbonyl (C=O) groups excluding carboxylic acids is 2. The number of nitrogens with one attached hydrogen (secondary N) is 2. The predicted molar refractivity (Wildman–Crippen MR) is 95.3 cm³/mol. The third-order valence-corrected chi connectivity index (χ3v) is 4.89. The van der Waals surface area contributed by atoms with E-state index in [1.807, 2.05) is 29.6 Å². The monoisotopic (exact) mass is 361 g/mol. The van der Waals surface area contributed by atoms with Crippen molar-refractivity contribution in [2.75, 3.05) is 31.6 Å². The van der Waals surface area contributed by atoms with Crippen molar-refractivity contribution in [2.45, 2.75) is 13.5 Å². The zero-order valence-corrected chi connectivity index (χ0v) is 15.1. The van der Waals surface area contributed by atoms with Gasteiger partial charge in [-0.05, 0) is 12.1 Å². The molecule has 25 heavy (non-hydrogen) atoms. The van der Waals surface area contributed by atoms with Gasteiger partial charge in [0.15, 0.2) is 11.7 Å². The average Bonchev–Trinajstić information content (AvgIpc) is 3.03. The van der Waals surface area contributed by atoms with E-state index in [1.54, 1.807) is 12.0 Å². The summed E-state index contributed by atoms with van der Waals surface area (Å²) in [7, 11) is 1.58. The number of methoxy groups -OCH3 is 1. The topological polar surface area (TPSA) is 76.0 Å². The van der Waals surface area contributed by atoms with Crippen LogP contribution in [0.4, 0.5) is 10.8 Å². The summed E-state index contributed by atoms with van der Waals surface area (Å²) in [5.41, 5.74) is 1.55. The molecule has 7 nitrogen and oxygen atoms in total. The number of hydrogen-bond donors (Lipinski definition) is 2. The van der Waals surface area contributed by atoms with Crippen molar-refractivity contribution in [1.29, 1.82) is 0 Å². The maximum absolute atomic E-state index is 12.2. The molecule has 2 N–H and O–H groups in total. The van der Waals surface area contributed by atoms with Crippen LogP contribution in [0.1, 0.15) is 12.6 Å². The van der Waals surface area contributed by atoms with E-state index in [-0.39, 0.29) is 11.8 Å². The first-order chi connectivity index (χ1) is 12.1. The molecule has 2 amide bonds. The van der Waals surface area contributed by atoms with Crippen molar-refractivity contribution in [3.63, 3.8) is 0 Å². The van der Waals surface area contributed by atoms with Gasteiger partial charge in [-0.1, -0.05) is 12.1 Å². The number of nitrogens with zero attached hydrogens (tertiary/aromatic N) is 2. The molecule has 0 radical (unpaired) electrons. The van der Waals surface area contributed by atoms with Crippen LogP contribution in [0, 0.1) is 0 Å². The van der Waals surface area contributed by atoms with Crippen LogP contribution >= 0.6 is 11.3 Å². The number of carbonyl (C=O) groups is 2. The van der Waals surface area contributed by atoms with Gasteiger partial charge in [-0.15, -0.1) is 11.3 Å². The molecule has 8 heteroatoms. The van der Waals surface area contributed by atoms with Crippen molar-refractivity contribution < 1.29 is 19.2 Å². The van der Waals surface area contributed by atoms with Gasteiger partial charge in [0.25, 0.3) is 5.91 Å². The van der Waals surface area contributed by atoms with Crippen molar-refractivity contribution in [2.24, 2.45) is 0 Å². The minimum atomic E-state index is -0.130. The number of quaternary nitrogens is 1. The molecule has 3 rings (SSSR count). The summed E-state index contributed by atoms with van der Waals surface area (Å²) in [6.45, 7) is 4.19. The van der Waals surface area contributed by atoms with E-state index in [0.29, 0.717) is 36.2 Å². The van der Waals surface area contributed by atoms with Crippen molar-refractivity contribution in [1.82, 2.24) is 10.3 Å². The summed E-state index contributed by atoms with van der Waals surface area (Å²) in [6, 6.07) is 7.37. The number of benzene rings is 1. The summed E-state index contributed by atoms with van der Waals surface area (Å²) in [5, 5.41) is 5.38. The molecule has 2 heterocycles. The third-order valence-electron chi connectivity index (χ3n) is 4.01. The fourth-order valence-electron chi connectivity index (χ4n) is 2.87. The number of para-hydroxylation sites is 2. The molecule has 132 valence electrons. The van der Waals surface area contributed by atoms with Crippen LogP contribution in [0.15, 0.2) is 29.6 Å². The van der Waals surface area contributed by atoms with Gasteiger partial charge in [-0.3, -0.25) is 14.5 Å². The Morgan fingerprint density at radius 3 is 2.96 bits per heavy atom. The second-order valence-electron chi connectivity index (χ2n) is 5.85. The highest BCUT2D eigenvalue weighted by atomic mass is 32.1. The van der Waals surface area contributed by atoms with Crippen molar-refractivity contribution >= 4 is 34.0 Å². The lowest BCUT2D eigenvalue weighted by Crippen LogP contribution is -3.14. The second kappa shape index (κ2) is 7.62. The first-order valence-corrected chi connectivity index (χ1v) is 8.95. The number of ether oxygens (including phenoxy) is 1. The summed E-state index contributed by atoms with van der Waals surface area (Å²) in [5.74, 6) is 0.555. The number of piperazine rings is 1. The van der Waals surface area contributed by atoms with Gasteiger partial charge in [0.1, 0.15) is 18.0 Å². The van der Waals surface area contributed by atoms with Crippen molar-refractivity contribution in [3.05, 3.63) is 35.3 Å². The highest BCUT2D eigenvalue weighted by Gasteiger charge is 2.24. The molecule has 1 aromatic heterocycles. The smallest absolute Gasteiger partial charge is 0.275 e. The van der Waals surface area contributed by atoms with Gasteiger partial charge >= 0.3 is 0 Å². The fourth-order valence-corrected chi connectivity index (χ4v) is 3.75. The molecule has 1 aromatic carbocycles. The molecular formula is C17H21N4O3S+. The van der Waals surface area contributed by atoms with Gasteiger partial charge in [0.05, 0.1) is 25.9 Å². The van der Waals surface area contributed by atoms with Gasteiger partial charge in [-0.2, -0.15) is 0 Å². The Kier molecular flexibility index (Phi) is 5.30. The summed E-state index contributed by atoms with van der Waals surface area (Å²) in [4.78, 5) is 31.1. The molecule has 0 saturated carbocycles. The first-order valence-electron chi connectivity index (χ1n) is 8.07. The van der Waals surface area contributed by atoms with Crippen LogP contribution in [0.25, 0.3) is 0 Å². The minimum absolute atomic E-state index is 0.0658. The number of amides is 2. The lowest BCUT2D eigenvalue weighted by molar-refractivity contribution is -0.907. The molecule has 0 bridgehead atoms. The fraction of sp³-hybridized carbons (Fsp3) is 0.353. The molecule has 1 atom stereocenters. The molecule has 0 spiro atoms. The number of rotatable bonds is 5. The standard InChI is InChI=1S/C17H20N4O3S/c1-12(22)21(14-5-3-4-6-15(14)24-2)17-19-13(11-25-17)9-20-8-7-18-16(23)10-20/h3-6,11H,7-10H2,1-2H3,(H,18,23)/p+1. The molecule has 1 saturated heterocycles. The van der Waals surface area contributed by atoms with Crippen molar-refractivity contribution in [3.8, 4) is 5.75 Å². The van der Waals surface area contributed by atoms with Gasteiger partial charge in [0.2, 0.25) is 5.91 Å². The van der Waals surface area contributed by atoms with E-state index in [0.717, 1.165) is 12.2 Å². The van der Waals surface area contributed by atoms with Crippen LogP contribution in [-0.4, -0.2) is 43.5 Å². The van der Waals surface area contributed by atoms with Crippen LogP contribution < -0.4 is 19.9 Å². The molecule has 1 aliphatic rings. The van der Waals surface area contributed by atoms with E-state index in [4.69, 9.17) is 4.74 Å². The molecule has 1 fully saturated rings. The van der Waals surface area contributed by atoms with Crippen LogP contribution in [0.2, 0.25) is 0 Å². The van der Waals surface area contributed by atoms with Crippen LogP contribution in [0.3, 0.4) is 0 Å². The summed E-state index contributed by atoms with van der Waals surface area (Å²) >= 11 is 1.41. The zero-order chi connectivity index (χ0) is 17.8. The normalized spacial score (nSPS) is 17.0. The largest absolute Gasteiger partial charge is 0.495 e. The molecule has 2 aromatic rings. The van der Waals surface area contributed by atoms with E-state index >= 15 is 0 Å². The summed E-state index contributed by atoms with van der Waals surface area (Å²) in [6.07, 6.45) is 0. The number of thiazole rings is 1. The Balaban J connectivity index is 1.83. The average molecular weight is 361 g/mol. The number of aromatic nitrogens is 1. The Morgan fingerprint density at radius 1 is 1.44 bits per heavy atom. The van der Waals surface area contributed by atoms with Gasteiger partial charge in [0, 0.05) is 12.3 Å². The molecule has 0 aliphatic carbocycles. The van der Waals surface area contributed by atoms with Gasteiger partial charge in [-0.25, -0.2) is 4.98 Å². The molecule has 1 aliphatic heterocycles. The second-order valence-corrected chi connectivity index (χ2v) is 6.69. The predicted octanol–water partition coefficient (Wildman–Crippen LogP) is 0.351. The maximum atomic E-state index is 12.2. The Morgan fingerprint density at radius 2 is 2.24 bits per heavy atom.